The molecule has 7 heteroatoms. The molecule has 154 valence electrons. The molecule has 3 amide bonds. The summed E-state index contributed by atoms with van der Waals surface area (Å²) in [6, 6.07) is 13.4. The number of carbonyl (C=O) groups excluding carboxylic acids is 2. The number of imide groups is 1. The Morgan fingerprint density at radius 1 is 1.07 bits per heavy atom. The van der Waals surface area contributed by atoms with Crippen LogP contribution in [0.1, 0.15) is 30.0 Å². The summed E-state index contributed by atoms with van der Waals surface area (Å²) in [5, 5.41) is 3.55. The van der Waals surface area contributed by atoms with Gasteiger partial charge in [0.1, 0.15) is 16.9 Å². The van der Waals surface area contributed by atoms with Gasteiger partial charge in [-0.3, -0.25) is 9.69 Å². The molecule has 1 N–H and O–H groups in total. The van der Waals surface area contributed by atoms with E-state index in [0.29, 0.717) is 34.3 Å². The van der Waals surface area contributed by atoms with E-state index in [-0.39, 0.29) is 12.5 Å². The van der Waals surface area contributed by atoms with E-state index in [1.54, 1.807) is 37.4 Å². The molecule has 0 aliphatic carbocycles. The Morgan fingerprint density at radius 2 is 1.80 bits per heavy atom. The number of nitrogens with zero attached hydrogens (tertiary/aromatic N) is 1. The van der Waals surface area contributed by atoms with Crippen LogP contribution in [0.3, 0.4) is 0 Å². The molecule has 30 heavy (non-hydrogen) atoms. The first kappa shape index (κ1) is 19.7. The van der Waals surface area contributed by atoms with Gasteiger partial charge in [-0.2, -0.15) is 0 Å². The molecular formula is C23H22N2O5. The third-order valence-corrected chi connectivity index (χ3v) is 5.60. The number of nitrogens with one attached hydrogen (secondary N) is 1. The van der Waals surface area contributed by atoms with Crippen molar-refractivity contribution < 1.29 is 18.7 Å². The summed E-state index contributed by atoms with van der Waals surface area (Å²) in [5.41, 5.74) is 0.941. The highest BCUT2D eigenvalue weighted by molar-refractivity contribution is 6.07. The van der Waals surface area contributed by atoms with Gasteiger partial charge in [-0.25, -0.2) is 9.59 Å². The zero-order chi connectivity index (χ0) is 21.5. The molecule has 1 saturated heterocycles. The largest absolute Gasteiger partial charge is 0.497 e. The topological polar surface area (TPSA) is 88.8 Å². The number of fused-ring (bicyclic) bond motifs is 1. The lowest BCUT2D eigenvalue weighted by atomic mass is 9.87. The fraction of sp³-hybridized carbons (Fsp3) is 0.261. The summed E-state index contributed by atoms with van der Waals surface area (Å²) in [5.74, 6) is 0.310. The minimum atomic E-state index is -1.16. The molecule has 2 heterocycles. The molecule has 3 aromatic rings. The Bertz CT molecular complexity index is 1200. The van der Waals surface area contributed by atoms with E-state index in [2.05, 4.69) is 5.32 Å². The lowest BCUT2D eigenvalue weighted by Crippen LogP contribution is -2.43. The zero-order valence-electron chi connectivity index (χ0n) is 17.0. The number of hydrogen-bond acceptors (Lipinski definition) is 5. The van der Waals surface area contributed by atoms with E-state index in [1.165, 1.54) is 6.07 Å². The molecule has 1 fully saturated rings. The predicted molar refractivity (Wildman–Crippen MR) is 111 cm³/mol. The van der Waals surface area contributed by atoms with E-state index in [4.69, 9.17) is 9.15 Å². The Kier molecular flexibility index (Phi) is 4.81. The zero-order valence-corrected chi connectivity index (χ0v) is 17.0. The number of methoxy groups -OCH3 is 1. The maximum absolute atomic E-state index is 13.4. The molecule has 0 saturated carbocycles. The minimum Gasteiger partial charge on any atom is -0.497 e. The molecule has 4 rings (SSSR count). The quantitative estimate of drug-likeness (QED) is 0.518. The Morgan fingerprint density at radius 3 is 2.47 bits per heavy atom. The lowest BCUT2D eigenvalue weighted by Gasteiger charge is -2.26. The molecule has 0 spiro atoms. The lowest BCUT2D eigenvalue weighted by molar-refractivity contribution is -0.132. The number of ether oxygens (including phenoxy) is 1. The van der Waals surface area contributed by atoms with Gasteiger partial charge in [0.05, 0.1) is 13.7 Å². The standard InChI is InChI=1S/C23H22N2O5/c1-4-23(16-6-8-17(29-3)9-7-16)21(27)25(22(28)24-23)13-15-12-20(26)30-19-11-14(2)5-10-18(15)19/h5-12H,4,13H2,1-3H3,(H,24,28)/t23-/m1/s1. The molecular weight excluding hydrogens is 384 g/mol. The molecule has 0 unspecified atom stereocenters. The van der Waals surface area contributed by atoms with Gasteiger partial charge in [-0.1, -0.05) is 31.2 Å². The third kappa shape index (κ3) is 3.12. The van der Waals surface area contributed by atoms with Crippen LogP contribution in [0, 0.1) is 6.92 Å². The van der Waals surface area contributed by atoms with Crippen LogP contribution in [0.2, 0.25) is 0 Å². The van der Waals surface area contributed by atoms with E-state index in [0.717, 1.165) is 10.5 Å². The average Bonchev–Trinajstić information content (AvgIpc) is 2.98. The maximum atomic E-state index is 13.4. The van der Waals surface area contributed by atoms with Gasteiger partial charge in [-0.15, -0.1) is 0 Å². The molecule has 0 bridgehead atoms. The summed E-state index contributed by atoms with van der Waals surface area (Å²) in [4.78, 5) is 39.4. The summed E-state index contributed by atoms with van der Waals surface area (Å²) in [7, 11) is 1.57. The van der Waals surface area contributed by atoms with Crippen molar-refractivity contribution in [3.8, 4) is 5.75 Å². The van der Waals surface area contributed by atoms with E-state index in [1.807, 2.05) is 26.0 Å². The van der Waals surface area contributed by atoms with Gasteiger partial charge in [0.15, 0.2) is 0 Å². The molecule has 1 aliphatic rings. The Hall–Kier alpha value is -3.61. The second-order valence-corrected chi connectivity index (χ2v) is 7.40. The Labute approximate surface area is 173 Å². The first-order valence-corrected chi connectivity index (χ1v) is 9.70. The van der Waals surface area contributed by atoms with Crippen molar-refractivity contribution in [3.05, 3.63) is 75.6 Å². The summed E-state index contributed by atoms with van der Waals surface area (Å²) < 4.78 is 10.5. The molecule has 1 aromatic heterocycles. The number of amides is 3. The van der Waals surface area contributed by atoms with Gasteiger partial charge < -0.3 is 14.5 Å². The van der Waals surface area contributed by atoms with Crippen LogP contribution in [-0.2, 0) is 16.9 Å². The normalized spacial score (nSPS) is 18.7. The van der Waals surface area contributed by atoms with Crippen molar-refractivity contribution in [2.75, 3.05) is 7.11 Å². The smallest absolute Gasteiger partial charge is 0.336 e. The van der Waals surface area contributed by atoms with Crippen LogP contribution in [-0.4, -0.2) is 23.9 Å². The van der Waals surface area contributed by atoms with Crippen LogP contribution >= 0.6 is 0 Å². The molecule has 7 nitrogen and oxygen atoms in total. The maximum Gasteiger partial charge on any atom is 0.336 e. The van der Waals surface area contributed by atoms with Crippen molar-refractivity contribution in [3.63, 3.8) is 0 Å². The fourth-order valence-corrected chi connectivity index (χ4v) is 3.92. The average molecular weight is 406 g/mol. The second kappa shape index (κ2) is 7.33. The Balaban J connectivity index is 1.73. The minimum absolute atomic E-state index is 0.0201. The first-order chi connectivity index (χ1) is 14.4. The highest BCUT2D eigenvalue weighted by Gasteiger charge is 2.51. The van der Waals surface area contributed by atoms with Gasteiger partial charge in [-0.05, 0) is 48.2 Å². The third-order valence-electron chi connectivity index (χ3n) is 5.60. The summed E-state index contributed by atoms with van der Waals surface area (Å²) in [6.45, 7) is 3.73. The summed E-state index contributed by atoms with van der Waals surface area (Å²) in [6.07, 6.45) is 0.386. The van der Waals surface area contributed by atoms with E-state index in [9.17, 15) is 14.4 Å². The van der Waals surface area contributed by atoms with Crippen LogP contribution < -0.4 is 15.7 Å². The molecule has 0 radical (unpaired) electrons. The molecule has 1 atom stereocenters. The number of hydrogen-bond donors (Lipinski definition) is 1. The SMILES string of the molecule is CC[C@]1(c2ccc(OC)cc2)NC(=O)N(Cc2cc(=O)oc3cc(C)ccc23)C1=O. The van der Waals surface area contributed by atoms with Crippen LogP contribution in [0.5, 0.6) is 5.75 Å². The van der Waals surface area contributed by atoms with Crippen molar-refractivity contribution in [2.24, 2.45) is 0 Å². The number of aryl methyl sites for hydroxylation is 1. The summed E-state index contributed by atoms with van der Waals surface area (Å²) >= 11 is 0. The van der Waals surface area contributed by atoms with E-state index < -0.39 is 17.2 Å². The van der Waals surface area contributed by atoms with Gasteiger partial charge in [0.25, 0.3) is 5.91 Å². The molecule has 2 aromatic carbocycles. The number of urea groups is 1. The number of carbonyl (C=O) groups is 2. The first-order valence-electron chi connectivity index (χ1n) is 9.70. The number of benzene rings is 2. The highest BCUT2D eigenvalue weighted by atomic mass is 16.5. The van der Waals surface area contributed by atoms with Gasteiger partial charge in [0, 0.05) is 11.5 Å². The van der Waals surface area contributed by atoms with Gasteiger partial charge in [0.2, 0.25) is 0 Å². The van der Waals surface area contributed by atoms with Crippen LogP contribution in [0.25, 0.3) is 11.0 Å². The highest BCUT2D eigenvalue weighted by Crippen LogP contribution is 2.34. The molecule has 1 aliphatic heterocycles. The van der Waals surface area contributed by atoms with Crippen molar-refractivity contribution >= 4 is 22.9 Å². The monoisotopic (exact) mass is 406 g/mol. The number of rotatable bonds is 5. The predicted octanol–water partition coefficient (Wildman–Crippen LogP) is 3.47. The van der Waals surface area contributed by atoms with Crippen molar-refractivity contribution in [1.82, 2.24) is 10.2 Å². The van der Waals surface area contributed by atoms with Gasteiger partial charge >= 0.3 is 11.7 Å². The van der Waals surface area contributed by atoms with Crippen molar-refractivity contribution in [2.45, 2.75) is 32.4 Å². The van der Waals surface area contributed by atoms with E-state index >= 15 is 0 Å². The fourth-order valence-electron chi connectivity index (χ4n) is 3.92. The second-order valence-electron chi connectivity index (χ2n) is 7.40. The van der Waals surface area contributed by atoms with Crippen LogP contribution in [0.4, 0.5) is 4.79 Å². The van der Waals surface area contributed by atoms with Crippen LogP contribution in [0.15, 0.2) is 57.7 Å². The van der Waals surface area contributed by atoms with Crippen molar-refractivity contribution in [1.29, 1.82) is 0 Å².